The van der Waals surface area contributed by atoms with Crippen molar-refractivity contribution in [2.45, 2.75) is 58.8 Å². The molecule has 1 saturated carbocycles. The Morgan fingerprint density at radius 1 is 0.957 bits per heavy atom. The van der Waals surface area contributed by atoms with E-state index in [0.29, 0.717) is 0 Å². The molecule has 0 nitrogen and oxygen atoms in total. The molecule has 1 aliphatic carbocycles. The molecule has 0 atom stereocenters. The van der Waals surface area contributed by atoms with Crippen molar-refractivity contribution in [2.24, 2.45) is 11.8 Å². The summed E-state index contributed by atoms with van der Waals surface area (Å²) in [6.07, 6.45) is 17.6. The summed E-state index contributed by atoms with van der Waals surface area (Å²) >= 11 is 0. The third-order valence-electron chi connectivity index (χ3n) is 4.88. The molecule has 0 aliphatic heterocycles. The smallest absolute Gasteiger partial charge is 0.0109 e. The van der Waals surface area contributed by atoms with E-state index in [1.165, 1.54) is 49.7 Å². The fourth-order valence-electron chi connectivity index (χ4n) is 3.29. The summed E-state index contributed by atoms with van der Waals surface area (Å²) < 4.78 is 0. The first-order chi connectivity index (χ1) is 11.3. The SMILES string of the molecule is CCCc1ccc(/C=C/C#C/C=C/[C@H]2CC[C@H](CC)CC2)cc1. The van der Waals surface area contributed by atoms with E-state index in [1.807, 2.05) is 12.2 Å². The summed E-state index contributed by atoms with van der Waals surface area (Å²) in [7, 11) is 0. The molecule has 0 radical (unpaired) electrons. The molecule has 0 heteroatoms. The lowest BCUT2D eigenvalue weighted by Crippen LogP contribution is -2.11. The van der Waals surface area contributed by atoms with Crippen LogP contribution in [0.3, 0.4) is 0 Å². The van der Waals surface area contributed by atoms with Crippen molar-refractivity contribution >= 4 is 6.08 Å². The second-order valence-corrected chi connectivity index (χ2v) is 6.66. The van der Waals surface area contributed by atoms with Crippen LogP contribution in [0.25, 0.3) is 6.08 Å². The van der Waals surface area contributed by atoms with E-state index in [1.54, 1.807) is 0 Å². The molecular formula is C23H30. The van der Waals surface area contributed by atoms with Crippen LogP contribution >= 0.6 is 0 Å². The summed E-state index contributed by atoms with van der Waals surface area (Å²) in [6, 6.07) is 8.77. The van der Waals surface area contributed by atoms with Gasteiger partial charge in [-0.3, -0.25) is 0 Å². The Labute approximate surface area is 142 Å². The molecule has 1 aromatic carbocycles. The highest BCUT2D eigenvalue weighted by Crippen LogP contribution is 2.31. The van der Waals surface area contributed by atoms with Gasteiger partial charge >= 0.3 is 0 Å². The maximum Gasteiger partial charge on any atom is -0.0109 e. The molecule has 0 saturated heterocycles. The lowest BCUT2D eigenvalue weighted by atomic mass is 9.81. The molecule has 122 valence electrons. The number of hydrogen-bond acceptors (Lipinski definition) is 0. The Balaban J connectivity index is 1.75. The monoisotopic (exact) mass is 306 g/mol. The zero-order valence-electron chi connectivity index (χ0n) is 14.7. The van der Waals surface area contributed by atoms with E-state index in [4.69, 9.17) is 0 Å². The van der Waals surface area contributed by atoms with Gasteiger partial charge in [0.1, 0.15) is 0 Å². The molecule has 2 rings (SSSR count). The standard InChI is InChI=1S/C23H30/c1-3-9-21-16-18-23(19-17-21)11-8-6-5-7-10-22-14-12-20(4-2)13-15-22/h7-8,10-11,16-20,22H,3-4,9,12-15H2,1-2H3/b10-7+,11-8+/t20-,22-. The van der Waals surface area contributed by atoms with Crippen molar-refractivity contribution < 1.29 is 0 Å². The summed E-state index contributed by atoms with van der Waals surface area (Å²) in [5.74, 6) is 7.98. The summed E-state index contributed by atoms with van der Waals surface area (Å²) in [5.41, 5.74) is 2.64. The predicted molar refractivity (Wildman–Crippen MR) is 102 cm³/mol. The van der Waals surface area contributed by atoms with Crippen LogP contribution in [0.4, 0.5) is 0 Å². The number of allylic oxidation sites excluding steroid dienone is 3. The number of benzene rings is 1. The molecule has 1 aliphatic rings. The van der Waals surface area contributed by atoms with Crippen LogP contribution in [-0.4, -0.2) is 0 Å². The van der Waals surface area contributed by atoms with Crippen LogP contribution in [0.5, 0.6) is 0 Å². The highest BCUT2D eigenvalue weighted by molar-refractivity contribution is 5.53. The van der Waals surface area contributed by atoms with Crippen molar-refractivity contribution in [1.82, 2.24) is 0 Å². The van der Waals surface area contributed by atoms with Gasteiger partial charge in [-0.1, -0.05) is 68.9 Å². The Hall–Kier alpha value is -1.74. The molecule has 0 unspecified atom stereocenters. The summed E-state index contributed by atoms with van der Waals surface area (Å²) in [4.78, 5) is 0. The first kappa shape index (κ1) is 17.6. The van der Waals surface area contributed by atoms with E-state index in [0.717, 1.165) is 18.3 Å². The zero-order chi connectivity index (χ0) is 16.3. The minimum Gasteiger partial charge on any atom is -0.0730 e. The topological polar surface area (TPSA) is 0 Å². The first-order valence-corrected chi connectivity index (χ1v) is 9.25. The van der Waals surface area contributed by atoms with Gasteiger partial charge in [0.25, 0.3) is 0 Å². The fourth-order valence-corrected chi connectivity index (χ4v) is 3.29. The molecule has 0 heterocycles. The van der Waals surface area contributed by atoms with Crippen molar-refractivity contribution in [1.29, 1.82) is 0 Å². The normalized spacial score (nSPS) is 21.5. The second-order valence-electron chi connectivity index (χ2n) is 6.66. The largest absolute Gasteiger partial charge is 0.0730 e. The van der Waals surface area contributed by atoms with Gasteiger partial charge in [0.2, 0.25) is 0 Å². The Bertz CT molecular complexity index is 554. The Morgan fingerprint density at radius 2 is 1.65 bits per heavy atom. The third kappa shape index (κ3) is 6.49. The van der Waals surface area contributed by atoms with Crippen molar-refractivity contribution in [3.63, 3.8) is 0 Å². The second kappa shape index (κ2) is 10.1. The van der Waals surface area contributed by atoms with E-state index >= 15 is 0 Å². The van der Waals surface area contributed by atoms with Crippen LogP contribution in [0.1, 0.15) is 63.5 Å². The van der Waals surface area contributed by atoms with Crippen molar-refractivity contribution in [2.75, 3.05) is 0 Å². The van der Waals surface area contributed by atoms with Crippen LogP contribution in [-0.2, 0) is 6.42 Å². The summed E-state index contributed by atoms with van der Waals surface area (Å²) in [6.45, 7) is 4.53. The quantitative estimate of drug-likeness (QED) is 0.550. The zero-order valence-corrected chi connectivity index (χ0v) is 14.7. The van der Waals surface area contributed by atoms with Gasteiger partial charge in [0.15, 0.2) is 0 Å². The molecule has 0 aromatic heterocycles. The molecular weight excluding hydrogens is 276 g/mol. The third-order valence-corrected chi connectivity index (χ3v) is 4.88. The highest BCUT2D eigenvalue weighted by atomic mass is 14.2. The highest BCUT2D eigenvalue weighted by Gasteiger charge is 2.17. The van der Waals surface area contributed by atoms with E-state index in [2.05, 4.69) is 62.1 Å². The first-order valence-electron chi connectivity index (χ1n) is 9.25. The lowest BCUT2D eigenvalue weighted by molar-refractivity contribution is 0.304. The number of hydrogen-bond donors (Lipinski definition) is 0. The van der Waals surface area contributed by atoms with E-state index < -0.39 is 0 Å². The van der Waals surface area contributed by atoms with Crippen LogP contribution in [0, 0.1) is 23.7 Å². The predicted octanol–water partition coefficient (Wildman–Crippen LogP) is 6.43. The number of rotatable bonds is 5. The summed E-state index contributed by atoms with van der Waals surface area (Å²) in [5, 5.41) is 0. The Morgan fingerprint density at radius 3 is 2.30 bits per heavy atom. The van der Waals surface area contributed by atoms with Gasteiger partial charge < -0.3 is 0 Å². The molecule has 23 heavy (non-hydrogen) atoms. The van der Waals surface area contributed by atoms with Gasteiger partial charge in [0, 0.05) is 0 Å². The van der Waals surface area contributed by atoms with Crippen LogP contribution in [0.2, 0.25) is 0 Å². The molecule has 0 N–H and O–H groups in total. The molecule has 0 spiro atoms. The maximum atomic E-state index is 3.14. The fraction of sp³-hybridized carbons (Fsp3) is 0.478. The van der Waals surface area contributed by atoms with Crippen LogP contribution < -0.4 is 0 Å². The van der Waals surface area contributed by atoms with Crippen LogP contribution in [0.15, 0.2) is 42.5 Å². The van der Waals surface area contributed by atoms with Crippen molar-refractivity contribution in [3.8, 4) is 11.8 Å². The molecule has 1 fully saturated rings. The lowest BCUT2D eigenvalue weighted by Gasteiger charge is -2.25. The van der Waals surface area contributed by atoms with Gasteiger partial charge in [-0.25, -0.2) is 0 Å². The average Bonchev–Trinajstić information content (AvgIpc) is 2.60. The average molecular weight is 306 g/mol. The Kier molecular flexibility index (Phi) is 7.74. The minimum atomic E-state index is 0.752. The van der Waals surface area contributed by atoms with E-state index in [9.17, 15) is 0 Å². The maximum absolute atomic E-state index is 3.14. The molecule has 0 amide bonds. The van der Waals surface area contributed by atoms with E-state index in [-0.39, 0.29) is 0 Å². The molecule has 1 aromatic rings. The van der Waals surface area contributed by atoms with Gasteiger partial charge in [0.05, 0.1) is 0 Å². The molecule has 0 bridgehead atoms. The van der Waals surface area contributed by atoms with Crippen molar-refractivity contribution in [3.05, 3.63) is 53.6 Å². The van der Waals surface area contributed by atoms with Gasteiger partial charge in [-0.05, 0) is 73.3 Å². The number of aryl methyl sites for hydroxylation is 1. The minimum absolute atomic E-state index is 0.752. The van der Waals surface area contributed by atoms with Gasteiger partial charge in [-0.2, -0.15) is 0 Å². The van der Waals surface area contributed by atoms with Gasteiger partial charge in [-0.15, -0.1) is 0 Å².